The summed E-state index contributed by atoms with van der Waals surface area (Å²) in [6, 6.07) is 20.7. The second-order valence-electron chi connectivity index (χ2n) is 8.70. The lowest BCUT2D eigenvalue weighted by Crippen LogP contribution is -2.39. The minimum Gasteiger partial charge on any atom is -0.454 e. The number of carbonyl (C=O) groups excluding carboxylic acids is 2. The van der Waals surface area contributed by atoms with Crippen molar-refractivity contribution < 1.29 is 29.4 Å². The van der Waals surface area contributed by atoms with Gasteiger partial charge in [-0.25, -0.2) is 5.48 Å². The van der Waals surface area contributed by atoms with Crippen molar-refractivity contribution in [3.8, 4) is 22.6 Å². The van der Waals surface area contributed by atoms with Crippen molar-refractivity contribution in [3.63, 3.8) is 0 Å². The van der Waals surface area contributed by atoms with E-state index < -0.39 is 18.1 Å². The average Bonchev–Trinajstić information content (AvgIpc) is 3.48. The number of aliphatic hydroxyl groups excluding tert-OH is 1. The predicted molar refractivity (Wildman–Crippen MR) is 127 cm³/mol. The van der Waals surface area contributed by atoms with Crippen LogP contribution in [0.4, 0.5) is 0 Å². The van der Waals surface area contributed by atoms with Crippen LogP contribution in [-0.4, -0.2) is 39.9 Å². The van der Waals surface area contributed by atoms with E-state index in [1.54, 1.807) is 10.4 Å². The van der Waals surface area contributed by atoms with Gasteiger partial charge in [0.15, 0.2) is 11.5 Å². The fourth-order valence-corrected chi connectivity index (χ4v) is 4.88. The third-order valence-electron chi connectivity index (χ3n) is 6.56. The number of carbonyl (C=O) groups is 2. The highest BCUT2D eigenvalue weighted by Gasteiger charge is 2.38. The molecule has 0 aromatic heterocycles. The second-order valence-corrected chi connectivity index (χ2v) is 8.70. The number of fused-ring (bicyclic) bond motifs is 2. The van der Waals surface area contributed by atoms with Crippen molar-refractivity contribution in [2.75, 3.05) is 6.79 Å². The Kier molecular flexibility index (Phi) is 6.39. The molecule has 35 heavy (non-hydrogen) atoms. The molecule has 0 spiro atoms. The van der Waals surface area contributed by atoms with Gasteiger partial charge in [0, 0.05) is 25.8 Å². The summed E-state index contributed by atoms with van der Waals surface area (Å²) in [7, 11) is 0. The van der Waals surface area contributed by atoms with E-state index in [0.717, 1.165) is 27.8 Å². The van der Waals surface area contributed by atoms with Gasteiger partial charge in [0.25, 0.3) is 0 Å². The molecule has 0 bridgehead atoms. The molecule has 3 aromatic carbocycles. The molecule has 180 valence electrons. The highest BCUT2D eigenvalue weighted by molar-refractivity contribution is 5.84. The third-order valence-corrected chi connectivity index (χ3v) is 6.56. The predicted octanol–water partition coefficient (Wildman–Crippen LogP) is 3.35. The molecule has 3 aromatic rings. The Hall–Kier alpha value is -3.88. The Morgan fingerprint density at radius 3 is 2.60 bits per heavy atom. The van der Waals surface area contributed by atoms with Crippen LogP contribution in [0.25, 0.3) is 11.1 Å². The largest absolute Gasteiger partial charge is 0.454 e. The SMILES string of the molecule is O=C(CCC(=O)N(Cc1ccccc1-c1ccc2c(c1)OCO2)[C@H]1c2ccccc2C[C@H]1O)NO. The minimum atomic E-state index is -0.763. The molecule has 8 nitrogen and oxygen atoms in total. The summed E-state index contributed by atoms with van der Waals surface area (Å²) in [5, 5.41) is 19.8. The van der Waals surface area contributed by atoms with Crippen molar-refractivity contribution in [3.05, 3.63) is 83.4 Å². The van der Waals surface area contributed by atoms with E-state index in [9.17, 15) is 14.7 Å². The van der Waals surface area contributed by atoms with Crippen LogP contribution in [-0.2, 0) is 22.6 Å². The first-order valence-electron chi connectivity index (χ1n) is 11.5. The quantitative estimate of drug-likeness (QED) is 0.358. The zero-order valence-corrected chi connectivity index (χ0v) is 19.0. The molecule has 2 amide bonds. The first-order chi connectivity index (χ1) is 17.0. The highest BCUT2D eigenvalue weighted by Crippen LogP contribution is 2.40. The maximum atomic E-state index is 13.4. The number of nitrogens with zero attached hydrogens (tertiary/aromatic N) is 1. The first-order valence-corrected chi connectivity index (χ1v) is 11.5. The van der Waals surface area contributed by atoms with Gasteiger partial charge >= 0.3 is 0 Å². The Labute approximate surface area is 202 Å². The number of rotatable bonds is 7. The number of nitrogens with one attached hydrogen (secondary N) is 1. The van der Waals surface area contributed by atoms with Crippen LogP contribution in [0.1, 0.15) is 35.6 Å². The minimum absolute atomic E-state index is 0.0933. The standard InChI is InChI=1S/C27H26N2O6/c30-22-13-17-5-1-4-8-21(17)27(22)29(26(32)12-11-25(31)28-33)15-19-6-2-3-7-20(19)18-9-10-23-24(14-18)35-16-34-23/h1-10,14,22,27,30,33H,11-13,15-16H2,(H,28,31)/t22-,27+/m1/s1. The van der Waals surface area contributed by atoms with Crippen LogP contribution in [0.5, 0.6) is 11.5 Å². The van der Waals surface area contributed by atoms with E-state index in [2.05, 4.69) is 0 Å². The van der Waals surface area contributed by atoms with Crippen LogP contribution in [0, 0.1) is 0 Å². The fraction of sp³-hybridized carbons (Fsp3) is 0.259. The molecular formula is C27H26N2O6. The zero-order valence-electron chi connectivity index (χ0n) is 19.0. The van der Waals surface area contributed by atoms with Gasteiger partial charge in [0.1, 0.15) is 0 Å². The van der Waals surface area contributed by atoms with Crippen molar-refractivity contribution in [1.82, 2.24) is 10.4 Å². The lowest BCUT2D eigenvalue weighted by Gasteiger charge is -2.33. The summed E-state index contributed by atoms with van der Waals surface area (Å²) in [4.78, 5) is 26.7. The second kappa shape index (κ2) is 9.77. The topological polar surface area (TPSA) is 108 Å². The molecule has 0 saturated carbocycles. The smallest absolute Gasteiger partial charge is 0.243 e. The molecule has 0 fully saturated rings. The molecule has 1 heterocycles. The van der Waals surface area contributed by atoms with Crippen molar-refractivity contribution in [1.29, 1.82) is 0 Å². The molecule has 8 heteroatoms. The van der Waals surface area contributed by atoms with Crippen LogP contribution in [0.2, 0.25) is 0 Å². The van der Waals surface area contributed by atoms with E-state index in [1.165, 1.54) is 0 Å². The van der Waals surface area contributed by atoms with Gasteiger partial charge in [0.2, 0.25) is 18.6 Å². The van der Waals surface area contributed by atoms with E-state index in [4.69, 9.17) is 14.7 Å². The van der Waals surface area contributed by atoms with Crippen LogP contribution >= 0.6 is 0 Å². The Bertz CT molecular complexity index is 1260. The van der Waals surface area contributed by atoms with Crippen molar-refractivity contribution in [2.24, 2.45) is 0 Å². The van der Waals surface area contributed by atoms with E-state index >= 15 is 0 Å². The van der Waals surface area contributed by atoms with Gasteiger partial charge < -0.3 is 19.5 Å². The van der Waals surface area contributed by atoms with Gasteiger partial charge in [-0.15, -0.1) is 0 Å². The summed E-state index contributed by atoms with van der Waals surface area (Å²) < 4.78 is 11.0. The fourth-order valence-electron chi connectivity index (χ4n) is 4.88. The van der Waals surface area contributed by atoms with Gasteiger partial charge in [-0.05, 0) is 39.9 Å². The number of ether oxygens (including phenoxy) is 2. The third kappa shape index (κ3) is 4.58. The van der Waals surface area contributed by atoms with E-state index in [-0.39, 0.29) is 32.1 Å². The molecule has 1 aliphatic heterocycles. The van der Waals surface area contributed by atoms with Crippen LogP contribution in [0.15, 0.2) is 66.7 Å². The number of hydrogen-bond donors (Lipinski definition) is 3. The lowest BCUT2D eigenvalue weighted by molar-refractivity contribution is -0.140. The maximum absolute atomic E-state index is 13.4. The number of hydroxylamine groups is 1. The number of benzene rings is 3. The van der Waals surface area contributed by atoms with Crippen molar-refractivity contribution in [2.45, 2.75) is 38.0 Å². The number of aliphatic hydroxyl groups is 1. The Morgan fingerprint density at radius 1 is 0.971 bits per heavy atom. The van der Waals surface area contributed by atoms with Crippen molar-refractivity contribution >= 4 is 11.8 Å². The summed E-state index contributed by atoms with van der Waals surface area (Å²) in [6.07, 6.45) is -0.559. The zero-order chi connectivity index (χ0) is 24.4. The summed E-state index contributed by atoms with van der Waals surface area (Å²) >= 11 is 0. The van der Waals surface area contributed by atoms with Gasteiger partial charge in [-0.2, -0.15) is 0 Å². The van der Waals surface area contributed by atoms with Gasteiger partial charge in [0.05, 0.1) is 12.1 Å². The Morgan fingerprint density at radius 2 is 1.74 bits per heavy atom. The highest BCUT2D eigenvalue weighted by atomic mass is 16.7. The lowest BCUT2D eigenvalue weighted by atomic mass is 9.97. The monoisotopic (exact) mass is 474 g/mol. The summed E-state index contributed by atoms with van der Waals surface area (Å²) in [5.41, 5.74) is 6.22. The normalized spacial score (nSPS) is 17.7. The molecule has 2 aliphatic rings. The molecule has 0 saturated heterocycles. The van der Waals surface area contributed by atoms with Gasteiger partial charge in [-0.3, -0.25) is 14.8 Å². The molecule has 1 aliphatic carbocycles. The molecule has 5 rings (SSSR count). The molecule has 0 radical (unpaired) electrons. The molecule has 0 unspecified atom stereocenters. The van der Waals surface area contributed by atoms with E-state index in [0.29, 0.717) is 17.9 Å². The maximum Gasteiger partial charge on any atom is 0.243 e. The molecule has 3 N–H and O–H groups in total. The van der Waals surface area contributed by atoms with Gasteiger partial charge in [-0.1, -0.05) is 54.6 Å². The molecule has 2 atom stereocenters. The first kappa shape index (κ1) is 22.9. The average molecular weight is 475 g/mol. The summed E-state index contributed by atoms with van der Waals surface area (Å²) in [6.45, 7) is 0.420. The summed E-state index contributed by atoms with van der Waals surface area (Å²) in [5.74, 6) is 0.442. The molecular weight excluding hydrogens is 448 g/mol. The Balaban J connectivity index is 1.50. The van der Waals surface area contributed by atoms with Crippen LogP contribution < -0.4 is 15.0 Å². The van der Waals surface area contributed by atoms with E-state index in [1.807, 2.05) is 66.7 Å². The van der Waals surface area contributed by atoms with Crippen LogP contribution in [0.3, 0.4) is 0 Å². The number of amides is 2. The number of hydrogen-bond acceptors (Lipinski definition) is 6.